The van der Waals surface area contributed by atoms with Gasteiger partial charge in [-0.05, 0) is 76.4 Å². The average Bonchev–Trinajstić information content (AvgIpc) is 2.48. The van der Waals surface area contributed by atoms with E-state index in [1.807, 2.05) is 0 Å². The van der Waals surface area contributed by atoms with Crippen LogP contribution in [-0.2, 0) is 0 Å². The lowest BCUT2D eigenvalue weighted by Gasteiger charge is -2.36. The highest BCUT2D eigenvalue weighted by Crippen LogP contribution is 2.24. The van der Waals surface area contributed by atoms with Gasteiger partial charge in [-0.15, -0.1) is 0 Å². The summed E-state index contributed by atoms with van der Waals surface area (Å²) in [5.74, 6) is 0.813. The van der Waals surface area contributed by atoms with E-state index in [0.29, 0.717) is 12.1 Å². The standard InChI is InChI=1S/C18H29BrN2/c1-4-10-21-11-8-16(9-12-21)14(2)20-15(3)17-6-5-7-18(19)13-17/h5-7,13-16,20H,4,8-12H2,1-3H3/t14?,15-/m0/s1. The lowest BCUT2D eigenvalue weighted by molar-refractivity contribution is 0.159. The van der Waals surface area contributed by atoms with Crippen LogP contribution in [0.3, 0.4) is 0 Å². The van der Waals surface area contributed by atoms with Crippen molar-refractivity contribution in [1.29, 1.82) is 0 Å². The summed E-state index contributed by atoms with van der Waals surface area (Å²) in [4.78, 5) is 2.61. The molecule has 0 bridgehead atoms. The van der Waals surface area contributed by atoms with Gasteiger partial charge in [0.2, 0.25) is 0 Å². The third-order valence-electron chi connectivity index (χ3n) is 4.74. The Morgan fingerprint density at radius 1 is 1.29 bits per heavy atom. The summed E-state index contributed by atoms with van der Waals surface area (Å²) in [6.45, 7) is 10.7. The Labute approximate surface area is 138 Å². The second kappa shape index (κ2) is 8.30. The second-order valence-corrected chi connectivity index (χ2v) is 7.33. The van der Waals surface area contributed by atoms with Crippen LogP contribution in [0.5, 0.6) is 0 Å². The minimum atomic E-state index is 0.408. The highest BCUT2D eigenvalue weighted by atomic mass is 79.9. The molecule has 0 aliphatic carbocycles. The van der Waals surface area contributed by atoms with E-state index in [4.69, 9.17) is 0 Å². The molecule has 1 aromatic rings. The zero-order chi connectivity index (χ0) is 15.2. The molecular weight excluding hydrogens is 324 g/mol. The smallest absolute Gasteiger partial charge is 0.0294 e. The maximum Gasteiger partial charge on any atom is 0.0294 e. The van der Waals surface area contributed by atoms with Gasteiger partial charge in [-0.1, -0.05) is 35.0 Å². The Kier molecular flexibility index (Phi) is 6.72. The highest BCUT2D eigenvalue weighted by molar-refractivity contribution is 9.10. The van der Waals surface area contributed by atoms with Gasteiger partial charge in [0.15, 0.2) is 0 Å². The van der Waals surface area contributed by atoms with Crippen LogP contribution in [-0.4, -0.2) is 30.6 Å². The minimum Gasteiger partial charge on any atom is -0.307 e. The van der Waals surface area contributed by atoms with Crippen molar-refractivity contribution in [3.8, 4) is 0 Å². The maximum atomic E-state index is 3.80. The van der Waals surface area contributed by atoms with Gasteiger partial charge in [-0.2, -0.15) is 0 Å². The van der Waals surface area contributed by atoms with E-state index in [1.54, 1.807) is 0 Å². The van der Waals surface area contributed by atoms with Gasteiger partial charge in [0.05, 0.1) is 0 Å². The molecule has 0 aromatic heterocycles. The molecule has 3 heteroatoms. The van der Waals surface area contributed by atoms with Crippen LogP contribution < -0.4 is 5.32 Å². The fourth-order valence-corrected chi connectivity index (χ4v) is 3.81. The first-order valence-corrected chi connectivity index (χ1v) is 9.13. The van der Waals surface area contributed by atoms with E-state index in [9.17, 15) is 0 Å². The van der Waals surface area contributed by atoms with Gasteiger partial charge < -0.3 is 10.2 Å². The van der Waals surface area contributed by atoms with E-state index in [0.717, 1.165) is 10.4 Å². The fourth-order valence-electron chi connectivity index (χ4n) is 3.40. The monoisotopic (exact) mass is 352 g/mol. The lowest BCUT2D eigenvalue weighted by atomic mass is 9.89. The predicted octanol–water partition coefficient (Wildman–Crippen LogP) is 4.61. The number of benzene rings is 1. The molecule has 21 heavy (non-hydrogen) atoms. The summed E-state index contributed by atoms with van der Waals surface area (Å²) in [5.41, 5.74) is 1.36. The number of likely N-dealkylation sites (tertiary alicyclic amines) is 1. The summed E-state index contributed by atoms with van der Waals surface area (Å²) < 4.78 is 1.16. The topological polar surface area (TPSA) is 15.3 Å². The number of nitrogens with one attached hydrogen (secondary N) is 1. The van der Waals surface area contributed by atoms with Crippen molar-refractivity contribution in [2.24, 2.45) is 5.92 Å². The molecule has 1 aromatic carbocycles. The molecule has 2 rings (SSSR count). The van der Waals surface area contributed by atoms with Gasteiger partial charge in [0.25, 0.3) is 0 Å². The quantitative estimate of drug-likeness (QED) is 0.803. The molecule has 1 unspecified atom stereocenters. The molecule has 1 heterocycles. The van der Waals surface area contributed by atoms with Crippen LogP contribution in [0.1, 0.15) is 51.6 Å². The van der Waals surface area contributed by atoms with Crippen molar-refractivity contribution >= 4 is 15.9 Å². The summed E-state index contributed by atoms with van der Waals surface area (Å²) in [6, 6.07) is 9.62. The SMILES string of the molecule is CCCN1CCC(C(C)N[C@@H](C)c2cccc(Br)c2)CC1. The van der Waals surface area contributed by atoms with Crippen molar-refractivity contribution in [2.45, 2.75) is 52.1 Å². The summed E-state index contributed by atoms with van der Waals surface area (Å²) in [5, 5.41) is 3.80. The Hall–Kier alpha value is -0.380. The molecule has 118 valence electrons. The molecule has 0 radical (unpaired) electrons. The normalized spacial score (nSPS) is 20.4. The Balaban J connectivity index is 1.83. The molecule has 1 aliphatic rings. The van der Waals surface area contributed by atoms with Gasteiger partial charge in [0.1, 0.15) is 0 Å². The molecule has 2 atom stereocenters. The number of rotatable bonds is 6. The number of piperidine rings is 1. The van der Waals surface area contributed by atoms with E-state index < -0.39 is 0 Å². The Morgan fingerprint density at radius 3 is 2.62 bits per heavy atom. The minimum absolute atomic E-state index is 0.408. The number of halogens is 1. The van der Waals surface area contributed by atoms with Crippen molar-refractivity contribution in [1.82, 2.24) is 10.2 Å². The molecule has 1 N–H and O–H groups in total. The average molecular weight is 353 g/mol. The molecule has 0 spiro atoms. The summed E-state index contributed by atoms with van der Waals surface area (Å²) in [7, 11) is 0. The van der Waals surface area contributed by atoms with Crippen molar-refractivity contribution < 1.29 is 0 Å². The molecule has 1 saturated heterocycles. The fraction of sp³-hybridized carbons (Fsp3) is 0.667. The van der Waals surface area contributed by atoms with E-state index in [-0.39, 0.29) is 0 Å². The summed E-state index contributed by atoms with van der Waals surface area (Å²) >= 11 is 3.56. The second-order valence-electron chi connectivity index (χ2n) is 6.41. The van der Waals surface area contributed by atoms with Crippen molar-refractivity contribution in [2.75, 3.05) is 19.6 Å². The zero-order valence-electron chi connectivity index (χ0n) is 13.6. The Morgan fingerprint density at radius 2 is 2.00 bits per heavy atom. The molecule has 0 amide bonds. The van der Waals surface area contributed by atoms with Gasteiger partial charge in [-0.3, -0.25) is 0 Å². The van der Waals surface area contributed by atoms with E-state index in [2.05, 4.69) is 71.2 Å². The van der Waals surface area contributed by atoms with Crippen LogP contribution in [0.15, 0.2) is 28.7 Å². The van der Waals surface area contributed by atoms with E-state index >= 15 is 0 Å². The maximum absolute atomic E-state index is 3.80. The summed E-state index contributed by atoms with van der Waals surface area (Å²) in [6.07, 6.45) is 3.94. The lowest BCUT2D eigenvalue weighted by Crippen LogP contribution is -2.42. The van der Waals surface area contributed by atoms with Crippen LogP contribution in [0.4, 0.5) is 0 Å². The molecule has 0 saturated carbocycles. The zero-order valence-corrected chi connectivity index (χ0v) is 15.2. The van der Waals surface area contributed by atoms with Crippen molar-refractivity contribution in [3.05, 3.63) is 34.3 Å². The highest BCUT2D eigenvalue weighted by Gasteiger charge is 2.24. The van der Waals surface area contributed by atoms with Crippen LogP contribution in [0.2, 0.25) is 0 Å². The first kappa shape index (κ1) is 17.0. The first-order valence-electron chi connectivity index (χ1n) is 8.34. The number of nitrogens with zero attached hydrogens (tertiary/aromatic N) is 1. The molecule has 2 nitrogen and oxygen atoms in total. The van der Waals surface area contributed by atoms with Crippen molar-refractivity contribution in [3.63, 3.8) is 0 Å². The third-order valence-corrected chi connectivity index (χ3v) is 5.23. The number of hydrogen-bond donors (Lipinski definition) is 1. The molecule has 1 fully saturated rings. The van der Waals surface area contributed by atoms with Gasteiger partial charge >= 0.3 is 0 Å². The largest absolute Gasteiger partial charge is 0.307 e. The molecule has 1 aliphatic heterocycles. The van der Waals surface area contributed by atoms with E-state index in [1.165, 1.54) is 44.5 Å². The number of hydrogen-bond acceptors (Lipinski definition) is 2. The Bertz CT molecular complexity index is 427. The van der Waals surface area contributed by atoms with Gasteiger partial charge in [0, 0.05) is 16.6 Å². The van der Waals surface area contributed by atoms with Crippen LogP contribution in [0, 0.1) is 5.92 Å². The third kappa shape index (κ3) is 5.08. The van der Waals surface area contributed by atoms with Gasteiger partial charge in [-0.25, -0.2) is 0 Å². The molecular formula is C18H29BrN2. The van der Waals surface area contributed by atoms with Crippen LogP contribution >= 0.6 is 15.9 Å². The van der Waals surface area contributed by atoms with Crippen LogP contribution in [0.25, 0.3) is 0 Å². The predicted molar refractivity (Wildman–Crippen MR) is 94.6 cm³/mol. The first-order chi connectivity index (χ1) is 10.1.